The lowest BCUT2D eigenvalue weighted by atomic mass is 9.97. The summed E-state index contributed by atoms with van der Waals surface area (Å²) >= 11 is 0. The minimum absolute atomic E-state index is 0.130. The fourth-order valence-corrected chi connectivity index (χ4v) is 3.74. The van der Waals surface area contributed by atoms with Gasteiger partial charge in [0, 0.05) is 48.2 Å². The Morgan fingerprint density at radius 3 is 2.81 bits per heavy atom. The molecule has 31 heavy (non-hydrogen) atoms. The molecule has 162 valence electrons. The van der Waals surface area contributed by atoms with Gasteiger partial charge in [-0.25, -0.2) is 19.5 Å². The monoisotopic (exact) mass is 423 g/mol. The first-order chi connectivity index (χ1) is 14.8. The zero-order valence-electron chi connectivity index (χ0n) is 17.8. The van der Waals surface area contributed by atoms with Crippen LogP contribution in [-0.4, -0.2) is 38.8 Å². The van der Waals surface area contributed by atoms with Gasteiger partial charge >= 0.3 is 0 Å². The molecule has 0 bridgehead atoms. The van der Waals surface area contributed by atoms with E-state index in [2.05, 4.69) is 20.8 Å². The number of amides is 1. The number of nitrogens with one attached hydrogen (secondary N) is 2. The summed E-state index contributed by atoms with van der Waals surface area (Å²) in [4.78, 5) is 17.6. The molecule has 1 fully saturated rings. The molecule has 1 amide bonds. The lowest BCUT2D eigenvalue weighted by Gasteiger charge is -2.20. The minimum atomic E-state index is -0.489. The van der Waals surface area contributed by atoms with Crippen LogP contribution >= 0.6 is 0 Å². The third-order valence-electron chi connectivity index (χ3n) is 5.16. The first kappa shape index (κ1) is 20.8. The van der Waals surface area contributed by atoms with Crippen molar-refractivity contribution in [2.75, 3.05) is 24.1 Å². The SMILES string of the molecule is Cc1cc(Nc2nccc(N)c2-c2ccc(F)cc2C(=O)N2CCCN2)n(C(C)C)n1. The number of hydrogen-bond donors (Lipinski definition) is 3. The van der Waals surface area contributed by atoms with E-state index in [-0.39, 0.29) is 17.5 Å². The Morgan fingerprint density at radius 2 is 2.10 bits per heavy atom. The van der Waals surface area contributed by atoms with Gasteiger partial charge in [0.05, 0.1) is 11.3 Å². The third-order valence-corrected chi connectivity index (χ3v) is 5.16. The molecular weight excluding hydrogens is 397 g/mol. The molecule has 1 aliphatic heterocycles. The highest BCUT2D eigenvalue weighted by atomic mass is 19.1. The Bertz CT molecular complexity index is 1120. The predicted octanol–water partition coefficient (Wildman–Crippen LogP) is 3.65. The largest absolute Gasteiger partial charge is 0.398 e. The molecule has 0 unspecified atom stereocenters. The van der Waals surface area contributed by atoms with Gasteiger partial charge in [-0.1, -0.05) is 6.07 Å². The van der Waals surface area contributed by atoms with E-state index < -0.39 is 5.82 Å². The van der Waals surface area contributed by atoms with Crippen molar-refractivity contribution in [1.82, 2.24) is 25.2 Å². The quantitative estimate of drug-likeness (QED) is 0.579. The van der Waals surface area contributed by atoms with E-state index in [4.69, 9.17) is 5.73 Å². The highest BCUT2D eigenvalue weighted by molar-refractivity contribution is 6.04. The molecular formula is C22H26FN7O. The molecule has 1 saturated heterocycles. The number of benzene rings is 1. The summed E-state index contributed by atoms with van der Waals surface area (Å²) in [5, 5.41) is 9.33. The summed E-state index contributed by atoms with van der Waals surface area (Å²) in [6.07, 6.45) is 2.44. The second-order valence-electron chi connectivity index (χ2n) is 7.87. The number of hydrogen-bond acceptors (Lipinski definition) is 6. The molecule has 3 aromatic rings. The number of carbonyl (C=O) groups excluding carboxylic acids is 1. The number of rotatable bonds is 5. The standard InChI is InChI=1S/C22H26FN7O/c1-13(2)30-19(11-14(3)28-30)27-21-20(18(24)7-9-25-21)16-6-5-15(23)12-17(16)22(31)29-10-4-8-26-29/h5-7,9,11-13,26H,4,8,10H2,1-3H3,(H3,24,25,27). The van der Waals surface area contributed by atoms with E-state index in [1.165, 1.54) is 17.1 Å². The number of aromatic nitrogens is 3. The van der Waals surface area contributed by atoms with Crippen molar-refractivity contribution in [1.29, 1.82) is 0 Å². The maximum atomic E-state index is 14.1. The van der Waals surface area contributed by atoms with E-state index in [1.54, 1.807) is 18.3 Å². The van der Waals surface area contributed by atoms with Crippen LogP contribution in [0.5, 0.6) is 0 Å². The molecule has 0 saturated carbocycles. The van der Waals surface area contributed by atoms with Crippen LogP contribution in [0.25, 0.3) is 11.1 Å². The van der Waals surface area contributed by atoms with Gasteiger partial charge in [0.25, 0.3) is 5.91 Å². The number of aryl methyl sites for hydroxylation is 1. The van der Waals surface area contributed by atoms with Gasteiger partial charge in [-0.2, -0.15) is 5.10 Å². The first-order valence-corrected chi connectivity index (χ1v) is 10.3. The number of nitrogens with two attached hydrogens (primary N) is 1. The van der Waals surface area contributed by atoms with E-state index >= 15 is 0 Å². The van der Waals surface area contributed by atoms with Gasteiger partial charge in [0.1, 0.15) is 17.5 Å². The number of carbonyl (C=O) groups is 1. The van der Waals surface area contributed by atoms with Gasteiger partial charge in [-0.05, 0) is 45.4 Å². The molecule has 0 spiro atoms. The molecule has 0 atom stereocenters. The van der Waals surface area contributed by atoms with E-state index in [0.29, 0.717) is 35.7 Å². The summed E-state index contributed by atoms with van der Waals surface area (Å²) < 4.78 is 16.0. The topological polar surface area (TPSA) is 101 Å². The van der Waals surface area contributed by atoms with Crippen LogP contribution in [0.4, 0.5) is 21.7 Å². The Morgan fingerprint density at radius 1 is 1.29 bits per heavy atom. The molecule has 4 N–H and O–H groups in total. The Hall–Kier alpha value is -3.46. The molecule has 1 aliphatic rings. The van der Waals surface area contributed by atoms with Gasteiger partial charge in [0.2, 0.25) is 0 Å². The second kappa shape index (κ2) is 8.35. The van der Waals surface area contributed by atoms with E-state index in [9.17, 15) is 9.18 Å². The Labute approximate surface area is 180 Å². The van der Waals surface area contributed by atoms with Gasteiger partial charge in [-0.3, -0.25) is 9.80 Å². The molecule has 4 rings (SSSR count). The number of halogens is 1. The minimum Gasteiger partial charge on any atom is -0.398 e. The average Bonchev–Trinajstić information content (AvgIpc) is 3.38. The van der Waals surface area contributed by atoms with E-state index in [1.807, 2.05) is 31.5 Å². The van der Waals surface area contributed by atoms with E-state index in [0.717, 1.165) is 17.9 Å². The smallest absolute Gasteiger partial charge is 0.268 e. The molecule has 9 heteroatoms. The zero-order chi connectivity index (χ0) is 22.1. The van der Waals surface area contributed by atoms with Crippen molar-refractivity contribution in [2.45, 2.75) is 33.2 Å². The first-order valence-electron chi connectivity index (χ1n) is 10.3. The predicted molar refractivity (Wildman–Crippen MR) is 118 cm³/mol. The highest BCUT2D eigenvalue weighted by Gasteiger charge is 2.25. The van der Waals surface area contributed by atoms with Crippen molar-refractivity contribution in [3.8, 4) is 11.1 Å². The summed E-state index contributed by atoms with van der Waals surface area (Å²) in [6, 6.07) is 7.85. The number of hydrazine groups is 1. The fourth-order valence-electron chi connectivity index (χ4n) is 3.74. The third kappa shape index (κ3) is 4.09. The van der Waals surface area contributed by atoms with Crippen molar-refractivity contribution < 1.29 is 9.18 Å². The van der Waals surface area contributed by atoms with Crippen molar-refractivity contribution in [3.63, 3.8) is 0 Å². The Balaban J connectivity index is 1.82. The van der Waals surface area contributed by atoms with Crippen LogP contribution in [0.2, 0.25) is 0 Å². The summed E-state index contributed by atoms with van der Waals surface area (Å²) in [6.45, 7) is 7.25. The highest BCUT2D eigenvalue weighted by Crippen LogP contribution is 2.37. The molecule has 1 aromatic carbocycles. The van der Waals surface area contributed by atoms with Crippen LogP contribution in [0.1, 0.15) is 42.4 Å². The number of pyridine rings is 1. The number of anilines is 3. The van der Waals surface area contributed by atoms with Crippen LogP contribution < -0.4 is 16.5 Å². The molecule has 0 radical (unpaired) electrons. The van der Waals surface area contributed by atoms with Crippen LogP contribution in [0.15, 0.2) is 36.5 Å². The molecule has 2 aromatic heterocycles. The van der Waals surface area contributed by atoms with Gasteiger partial charge in [-0.15, -0.1) is 0 Å². The number of nitrogens with zero attached hydrogens (tertiary/aromatic N) is 4. The normalized spacial score (nSPS) is 13.8. The summed E-state index contributed by atoms with van der Waals surface area (Å²) in [7, 11) is 0. The zero-order valence-corrected chi connectivity index (χ0v) is 17.8. The molecule has 8 nitrogen and oxygen atoms in total. The van der Waals surface area contributed by atoms with Gasteiger partial charge in [0.15, 0.2) is 0 Å². The molecule has 3 heterocycles. The fraction of sp³-hybridized carbons (Fsp3) is 0.318. The maximum absolute atomic E-state index is 14.1. The molecule has 0 aliphatic carbocycles. The second-order valence-corrected chi connectivity index (χ2v) is 7.87. The van der Waals surface area contributed by atoms with Crippen molar-refractivity contribution in [3.05, 3.63) is 53.6 Å². The van der Waals surface area contributed by atoms with Crippen molar-refractivity contribution in [2.24, 2.45) is 0 Å². The lowest BCUT2D eigenvalue weighted by Crippen LogP contribution is -2.37. The van der Waals surface area contributed by atoms with Gasteiger partial charge < -0.3 is 11.1 Å². The maximum Gasteiger partial charge on any atom is 0.268 e. The summed E-state index contributed by atoms with van der Waals surface area (Å²) in [5.41, 5.74) is 11.9. The lowest BCUT2D eigenvalue weighted by molar-refractivity contribution is 0.0726. The number of nitrogen functional groups attached to an aromatic ring is 1. The van der Waals surface area contributed by atoms with Crippen LogP contribution in [0.3, 0.4) is 0 Å². The van der Waals surface area contributed by atoms with Crippen LogP contribution in [-0.2, 0) is 0 Å². The van der Waals surface area contributed by atoms with Crippen molar-refractivity contribution >= 4 is 23.2 Å². The van der Waals surface area contributed by atoms with Crippen LogP contribution in [0, 0.1) is 12.7 Å². The average molecular weight is 423 g/mol. The summed E-state index contributed by atoms with van der Waals surface area (Å²) in [5.74, 6) is 0.431. The Kier molecular flexibility index (Phi) is 5.60.